The topological polar surface area (TPSA) is 67.9 Å². The van der Waals surface area contributed by atoms with Crippen molar-refractivity contribution in [1.29, 1.82) is 0 Å². The van der Waals surface area contributed by atoms with Gasteiger partial charge in [0.05, 0.1) is 7.11 Å². The molecule has 1 atom stereocenters. The number of carbonyl (C=O) groups excluding carboxylic acids is 2. The Morgan fingerprint density at radius 1 is 1.04 bits per heavy atom. The highest BCUT2D eigenvalue weighted by molar-refractivity contribution is 5.88. The lowest BCUT2D eigenvalue weighted by Gasteiger charge is -2.30. The van der Waals surface area contributed by atoms with E-state index < -0.39 is 6.04 Å². The summed E-state index contributed by atoms with van der Waals surface area (Å²) in [6.07, 6.45) is 1.20. The van der Waals surface area contributed by atoms with Gasteiger partial charge in [-0.05, 0) is 42.7 Å². The molecule has 6 nitrogen and oxygen atoms in total. The first kappa shape index (κ1) is 21.3. The van der Waals surface area contributed by atoms with Gasteiger partial charge in [0.15, 0.2) is 6.61 Å². The van der Waals surface area contributed by atoms with Crippen molar-refractivity contribution < 1.29 is 19.1 Å². The molecule has 0 saturated carbocycles. The van der Waals surface area contributed by atoms with E-state index in [4.69, 9.17) is 9.47 Å². The van der Waals surface area contributed by atoms with Crippen molar-refractivity contribution in [2.45, 2.75) is 25.8 Å². The Bertz CT molecular complexity index is 747. The van der Waals surface area contributed by atoms with Gasteiger partial charge < -0.3 is 19.7 Å². The first-order chi connectivity index (χ1) is 13.6. The van der Waals surface area contributed by atoms with Gasteiger partial charge in [-0.15, -0.1) is 0 Å². The molecule has 2 rings (SSSR count). The van der Waals surface area contributed by atoms with Crippen LogP contribution in [0.25, 0.3) is 0 Å². The molecule has 0 unspecified atom stereocenters. The summed E-state index contributed by atoms with van der Waals surface area (Å²) < 4.78 is 10.7. The maximum absolute atomic E-state index is 12.9. The van der Waals surface area contributed by atoms with Crippen LogP contribution in [0.1, 0.15) is 18.9 Å². The minimum Gasteiger partial charge on any atom is -0.497 e. The third kappa shape index (κ3) is 6.01. The minimum atomic E-state index is -0.527. The summed E-state index contributed by atoms with van der Waals surface area (Å²) in [6.45, 7) is 2.21. The number of hydrogen-bond acceptors (Lipinski definition) is 4. The van der Waals surface area contributed by atoms with E-state index in [0.717, 1.165) is 5.56 Å². The second-order valence-electron chi connectivity index (χ2n) is 6.33. The SMILES string of the molecule is CC[C@@H](C(=O)NC)N(CCc1ccccc1)C(=O)COc1ccc(OC)cc1. The fraction of sp³-hybridized carbons (Fsp3) is 0.364. The van der Waals surface area contributed by atoms with Crippen LogP contribution < -0.4 is 14.8 Å². The van der Waals surface area contributed by atoms with Crippen LogP contribution in [0.2, 0.25) is 0 Å². The third-order valence-electron chi connectivity index (χ3n) is 4.54. The summed E-state index contributed by atoms with van der Waals surface area (Å²) in [6, 6.07) is 16.4. The van der Waals surface area contributed by atoms with Gasteiger partial charge in [-0.25, -0.2) is 0 Å². The zero-order chi connectivity index (χ0) is 20.4. The number of likely N-dealkylation sites (N-methyl/N-ethyl adjacent to an activating group) is 1. The second kappa shape index (κ2) is 11.0. The molecule has 0 heterocycles. The van der Waals surface area contributed by atoms with Crippen LogP contribution in [0.5, 0.6) is 11.5 Å². The summed E-state index contributed by atoms with van der Waals surface area (Å²) in [5.74, 6) is 0.898. The Hall–Kier alpha value is -3.02. The quantitative estimate of drug-likeness (QED) is 0.684. The van der Waals surface area contributed by atoms with Crippen molar-refractivity contribution in [3.05, 3.63) is 60.2 Å². The van der Waals surface area contributed by atoms with Crippen LogP contribution in [-0.4, -0.2) is 50.1 Å². The third-order valence-corrected chi connectivity index (χ3v) is 4.54. The molecular weight excluding hydrogens is 356 g/mol. The Kier molecular flexibility index (Phi) is 8.34. The summed E-state index contributed by atoms with van der Waals surface area (Å²) in [5, 5.41) is 2.65. The molecule has 2 amide bonds. The number of ether oxygens (including phenoxy) is 2. The highest BCUT2D eigenvalue weighted by Crippen LogP contribution is 2.17. The summed E-state index contributed by atoms with van der Waals surface area (Å²) in [7, 11) is 3.17. The van der Waals surface area contributed by atoms with E-state index in [1.54, 1.807) is 43.3 Å². The molecule has 28 heavy (non-hydrogen) atoms. The average Bonchev–Trinajstić information content (AvgIpc) is 2.75. The highest BCUT2D eigenvalue weighted by atomic mass is 16.5. The van der Waals surface area contributed by atoms with Gasteiger partial charge in [-0.1, -0.05) is 37.3 Å². The van der Waals surface area contributed by atoms with E-state index in [0.29, 0.717) is 30.9 Å². The van der Waals surface area contributed by atoms with Gasteiger partial charge in [0.25, 0.3) is 5.91 Å². The number of benzene rings is 2. The van der Waals surface area contributed by atoms with Gasteiger partial charge in [-0.2, -0.15) is 0 Å². The Labute approximate surface area is 166 Å². The molecule has 0 fully saturated rings. The molecule has 0 radical (unpaired) electrons. The summed E-state index contributed by atoms with van der Waals surface area (Å²) in [4.78, 5) is 26.8. The van der Waals surface area contributed by atoms with Crippen molar-refractivity contribution in [3.63, 3.8) is 0 Å². The lowest BCUT2D eigenvalue weighted by molar-refractivity contribution is -0.142. The van der Waals surface area contributed by atoms with Crippen LogP contribution >= 0.6 is 0 Å². The maximum Gasteiger partial charge on any atom is 0.261 e. The number of nitrogens with zero attached hydrogens (tertiary/aromatic N) is 1. The number of nitrogens with one attached hydrogen (secondary N) is 1. The van der Waals surface area contributed by atoms with E-state index >= 15 is 0 Å². The molecule has 0 aromatic heterocycles. The van der Waals surface area contributed by atoms with Gasteiger partial charge in [0.2, 0.25) is 5.91 Å². The lowest BCUT2D eigenvalue weighted by Crippen LogP contribution is -2.50. The Morgan fingerprint density at radius 3 is 2.25 bits per heavy atom. The molecule has 0 spiro atoms. The molecule has 1 N–H and O–H groups in total. The zero-order valence-electron chi connectivity index (χ0n) is 16.7. The molecule has 0 saturated heterocycles. The first-order valence-electron chi connectivity index (χ1n) is 9.40. The number of methoxy groups -OCH3 is 1. The molecule has 150 valence electrons. The molecule has 0 bridgehead atoms. The number of hydrogen-bond donors (Lipinski definition) is 1. The number of carbonyl (C=O) groups is 2. The maximum atomic E-state index is 12.9. The predicted molar refractivity (Wildman–Crippen MR) is 108 cm³/mol. The molecule has 0 aliphatic rings. The fourth-order valence-corrected chi connectivity index (χ4v) is 2.96. The monoisotopic (exact) mass is 384 g/mol. The van der Waals surface area contributed by atoms with Crippen LogP contribution in [0.15, 0.2) is 54.6 Å². The van der Waals surface area contributed by atoms with Crippen LogP contribution in [-0.2, 0) is 16.0 Å². The standard InChI is InChI=1S/C22H28N2O4/c1-4-20(22(26)23-2)24(15-14-17-8-6-5-7-9-17)21(25)16-28-19-12-10-18(27-3)11-13-19/h5-13,20H,4,14-16H2,1-3H3,(H,23,26)/t20-/m0/s1. The zero-order valence-corrected chi connectivity index (χ0v) is 16.7. The number of rotatable bonds is 10. The van der Waals surface area contributed by atoms with Gasteiger partial charge in [-0.3, -0.25) is 9.59 Å². The summed E-state index contributed by atoms with van der Waals surface area (Å²) in [5.41, 5.74) is 1.11. The number of amides is 2. The summed E-state index contributed by atoms with van der Waals surface area (Å²) >= 11 is 0. The van der Waals surface area contributed by atoms with E-state index in [1.807, 2.05) is 37.3 Å². The van der Waals surface area contributed by atoms with Crippen molar-refractivity contribution in [2.24, 2.45) is 0 Å². The largest absolute Gasteiger partial charge is 0.497 e. The van der Waals surface area contributed by atoms with Crippen molar-refractivity contribution in [3.8, 4) is 11.5 Å². The molecular formula is C22H28N2O4. The van der Waals surface area contributed by atoms with E-state index in [9.17, 15) is 9.59 Å². The van der Waals surface area contributed by atoms with Gasteiger partial charge >= 0.3 is 0 Å². The van der Waals surface area contributed by atoms with Crippen LogP contribution in [0.3, 0.4) is 0 Å². The van der Waals surface area contributed by atoms with Crippen LogP contribution in [0.4, 0.5) is 0 Å². The first-order valence-corrected chi connectivity index (χ1v) is 9.40. The molecule has 2 aromatic rings. The minimum absolute atomic E-state index is 0.130. The van der Waals surface area contributed by atoms with Crippen molar-refractivity contribution in [2.75, 3.05) is 27.3 Å². The van der Waals surface area contributed by atoms with Crippen molar-refractivity contribution >= 4 is 11.8 Å². The predicted octanol–water partition coefficient (Wildman–Crippen LogP) is 2.67. The van der Waals surface area contributed by atoms with Gasteiger partial charge in [0.1, 0.15) is 17.5 Å². The molecule has 6 heteroatoms. The molecule has 0 aliphatic carbocycles. The van der Waals surface area contributed by atoms with Gasteiger partial charge in [0, 0.05) is 13.6 Å². The fourth-order valence-electron chi connectivity index (χ4n) is 2.96. The Morgan fingerprint density at radius 2 is 1.68 bits per heavy atom. The van der Waals surface area contributed by atoms with E-state index in [-0.39, 0.29) is 18.4 Å². The second-order valence-corrected chi connectivity index (χ2v) is 6.33. The molecule has 2 aromatic carbocycles. The van der Waals surface area contributed by atoms with Crippen LogP contribution in [0, 0.1) is 0 Å². The van der Waals surface area contributed by atoms with E-state index in [2.05, 4.69) is 5.32 Å². The van der Waals surface area contributed by atoms with Crippen molar-refractivity contribution in [1.82, 2.24) is 10.2 Å². The average molecular weight is 384 g/mol. The lowest BCUT2D eigenvalue weighted by atomic mass is 10.1. The smallest absolute Gasteiger partial charge is 0.261 e. The normalized spacial score (nSPS) is 11.4. The molecule has 0 aliphatic heterocycles. The Balaban J connectivity index is 2.06. The highest BCUT2D eigenvalue weighted by Gasteiger charge is 2.27. The van der Waals surface area contributed by atoms with E-state index in [1.165, 1.54) is 0 Å².